The van der Waals surface area contributed by atoms with Gasteiger partial charge in [0.15, 0.2) is 6.29 Å². The minimum atomic E-state index is -4.06. The Labute approximate surface area is 249 Å². The number of rotatable bonds is 3. The number of hydrogen-bond acceptors (Lipinski definition) is 13. The minimum absolute atomic E-state index is 0.0515. The Balaban J connectivity index is 1.15. The lowest BCUT2D eigenvalue weighted by Crippen LogP contribution is -2.75. The van der Waals surface area contributed by atoms with E-state index in [0.29, 0.717) is 32.1 Å². The number of esters is 1. The molecule has 240 valence electrons. The maximum Gasteiger partial charge on any atom is 0.475 e. The maximum atomic E-state index is 14.0. The summed E-state index contributed by atoms with van der Waals surface area (Å²) in [5, 5.41) is 56.2. The normalized spacial score (nSPS) is 60.5. The molecule has 9 aliphatic rings. The van der Waals surface area contributed by atoms with E-state index in [-0.39, 0.29) is 43.9 Å². The summed E-state index contributed by atoms with van der Waals surface area (Å²) in [4.78, 5) is 12.0. The van der Waals surface area contributed by atoms with Crippen LogP contribution >= 0.6 is 7.82 Å². The van der Waals surface area contributed by atoms with Crippen molar-refractivity contribution in [1.82, 2.24) is 0 Å². The molecule has 0 radical (unpaired) electrons. The molecule has 5 heterocycles. The van der Waals surface area contributed by atoms with Gasteiger partial charge in [0, 0.05) is 30.3 Å². The highest BCUT2D eigenvalue weighted by Gasteiger charge is 2.79. The molecule has 0 aromatic heterocycles. The van der Waals surface area contributed by atoms with E-state index >= 15 is 0 Å². The van der Waals surface area contributed by atoms with Crippen molar-refractivity contribution in [2.24, 2.45) is 28.6 Å². The number of carbonyl (C=O) groups is 1. The lowest BCUT2D eigenvalue weighted by molar-refractivity contribution is -0.336. The van der Waals surface area contributed by atoms with Gasteiger partial charge in [0.05, 0.1) is 47.6 Å². The molecule has 2 unspecified atom stereocenters. The van der Waals surface area contributed by atoms with E-state index in [1.807, 2.05) is 6.92 Å². The molecule has 4 saturated carbocycles. The van der Waals surface area contributed by atoms with Gasteiger partial charge in [-0.15, -0.1) is 0 Å². The van der Waals surface area contributed by atoms with E-state index in [1.165, 1.54) is 6.08 Å². The molecule has 13 nitrogen and oxygen atoms in total. The molecule has 14 heteroatoms. The van der Waals surface area contributed by atoms with Gasteiger partial charge in [-0.2, -0.15) is 0 Å². The summed E-state index contributed by atoms with van der Waals surface area (Å²) < 4.78 is 49.3. The monoisotopic (exact) mass is 628 g/mol. The third-order valence-electron chi connectivity index (χ3n) is 12.8. The van der Waals surface area contributed by atoms with Crippen LogP contribution in [0.1, 0.15) is 58.8 Å². The first kappa shape index (κ1) is 29.4. The van der Waals surface area contributed by atoms with Crippen molar-refractivity contribution in [3.05, 3.63) is 11.6 Å². The Morgan fingerprint density at radius 3 is 2.58 bits per heavy atom. The summed E-state index contributed by atoms with van der Waals surface area (Å²) in [6.07, 6.45) is -4.24. The number of fused-ring (bicyclic) bond motifs is 3. The Kier molecular flexibility index (Phi) is 6.38. The number of ether oxygens (including phenoxy) is 3. The highest BCUT2D eigenvalue weighted by molar-refractivity contribution is 7.48. The number of phosphoric ester groups is 1. The van der Waals surface area contributed by atoms with Gasteiger partial charge in [-0.25, -0.2) is 9.36 Å². The van der Waals surface area contributed by atoms with Crippen LogP contribution in [-0.2, 0) is 37.1 Å². The zero-order valence-corrected chi connectivity index (χ0v) is 25.1. The molecule has 2 bridgehead atoms. The minimum Gasteiger partial charge on any atom is -0.458 e. The molecule has 4 aliphatic carbocycles. The van der Waals surface area contributed by atoms with E-state index in [9.17, 15) is 34.9 Å². The van der Waals surface area contributed by atoms with E-state index < -0.39 is 84.8 Å². The topological polar surface area (TPSA) is 191 Å². The molecular weight excluding hydrogens is 587 g/mol. The number of aliphatic hydroxyl groups excluding tert-OH is 3. The quantitative estimate of drug-likeness (QED) is 0.167. The van der Waals surface area contributed by atoms with Crippen LogP contribution in [0.5, 0.6) is 0 Å². The molecule has 5 aliphatic heterocycles. The maximum absolute atomic E-state index is 14.0. The predicted molar refractivity (Wildman–Crippen MR) is 143 cm³/mol. The van der Waals surface area contributed by atoms with Crippen molar-refractivity contribution in [2.45, 2.75) is 119 Å². The average Bonchev–Trinajstić information content (AvgIpc) is 3.41. The molecule has 43 heavy (non-hydrogen) atoms. The van der Waals surface area contributed by atoms with E-state index in [0.717, 1.165) is 5.57 Å². The summed E-state index contributed by atoms with van der Waals surface area (Å²) in [6, 6.07) is 0. The Hall–Kier alpha value is -0.960. The van der Waals surface area contributed by atoms with Crippen LogP contribution in [0.2, 0.25) is 0 Å². The van der Waals surface area contributed by atoms with Crippen molar-refractivity contribution >= 4 is 13.8 Å². The fourth-order valence-corrected chi connectivity index (χ4v) is 12.5. The molecule has 0 amide bonds. The van der Waals surface area contributed by atoms with Crippen molar-refractivity contribution < 1.29 is 62.7 Å². The molecule has 9 rings (SSSR count). The number of cyclic esters (lactones) is 1. The molecule has 16 atom stereocenters. The highest BCUT2D eigenvalue weighted by atomic mass is 31.2. The first-order valence-electron chi connectivity index (χ1n) is 15.5. The fourth-order valence-electron chi connectivity index (χ4n) is 10.8. The molecular formula is C29H41O13P. The van der Waals surface area contributed by atoms with Crippen LogP contribution < -0.4 is 0 Å². The van der Waals surface area contributed by atoms with Gasteiger partial charge in [-0.3, -0.25) is 13.6 Å². The zero-order valence-electron chi connectivity index (χ0n) is 24.2. The molecule has 4 saturated heterocycles. The van der Waals surface area contributed by atoms with Crippen molar-refractivity contribution in [3.63, 3.8) is 0 Å². The van der Waals surface area contributed by atoms with Crippen LogP contribution in [0.15, 0.2) is 11.6 Å². The van der Waals surface area contributed by atoms with Crippen molar-refractivity contribution in [3.8, 4) is 0 Å². The average molecular weight is 629 g/mol. The number of carbonyl (C=O) groups excluding carboxylic acids is 1. The lowest BCUT2D eigenvalue weighted by atomic mass is 9.40. The van der Waals surface area contributed by atoms with Crippen molar-refractivity contribution in [1.29, 1.82) is 0 Å². The lowest BCUT2D eigenvalue weighted by Gasteiger charge is -2.68. The zero-order chi connectivity index (χ0) is 30.3. The van der Waals surface area contributed by atoms with Crippen LogP contribution in [0, 0.1) is 28.6 Å². The Morgan fingerprint density at radius 1 is 1.05 bits per heavy atom. The van der Waals surface area contributed by atoms with Gasteiger partial charge in [0.1, 0.15) is 24.9 Å². The van der Waals surface area contributed by atoms with Gasteiger partial charge >= 0.3 is 13.8 Å². The van der Waals surface area contributed by atoms with Gasteiger partial charge in [-0.1, -0.05) is 6.92 Å². The van der Waals surface area contributed by atoms with Crippen LogP contribution in [0.25, 0.3) is 0 Å². The fraction of sp³-hybridized carbons (Fsp3) is 0.897. The number of aliphatic hydroxyl groups is 5. The second kappa shape index (κ2) is 9.32. The van der Waals surface area contributed by atoms with E-state index in [1.54, 1.807) is 6.92 Å². The van der Waals surface area contributed by atoms with Crippen molar-refractivity contribution in [2.75, 3.05) is 13.2 Å². The van der Waals surface area contributed by atoms with Gasteiger partial charge in [0.25, 0.3) is 0 Å². The molecule has 1 spiro atoms. The SMILES string of the molecule is C[C@@H]1O[C@@H](O[C@H]2C[C@H]3OP4(=O)OC[C@]35[C@@H]3C(CC[C@]5(O)C2)[C@@]2(O)CC[C@H](C5=CC(=O)OC5)[C@@]2(C)C[C@H]3O4)[C@H](O)[C@H](O)[C@H]1O. The Bertz CT molecular complexity index is 1290. The first-order valence-corrected chi connectivity index (χ1v) is 17.0. The van der Waals surface area contributed by atoms with Gasteiger partial charge < -0.3 is 39.7 Å². The first-order chi connectivity index (χ1) is 20.2. The standard InChI is InChI=1S/C29H41O13P/c1-13-22(31)23(32)24(33)25(39-13)40-15-8-19-28-12-38-43(36,42-19)41-18-10-26(2)16(14-7-20(30)37-11-14)4-6-29(26,35)17(21(18)28)3-5-27(28,34)9-15/h7,13,15-19,21-25,31-35H,3-6,8-12H2,1-2H3/t13-,15-,16+,17?,18+,19+,21+,22-,23+,24+,25-,26+,27-,28+,29-,43?/m0/s1. The molecule has 0 aromatic carbocycles. The van der Waals surface area contributed by atoms with Crippen LogP contribution in [0.4, 0.5) is 0 Å². The largest absolute Gasteiger partial charge is 0.475 e. The third kappa shape index (κ3) is 3.76. The summed E-state index contributed by atoms with van der Waals surface area (Å²) in [5.74, 6) is -1.23. The molecule has 5 N–H and O–H groups in total. The van der Waals surface area contributed by atoms with Crippen LogP contribution in [-0.4, -0.2) is 105 Å². The summed E-state index contributed by atoms with van der Waals surface area (Å²) in [7, 11) is -4.06. The van der Waals surface area contributed by atoms with E-state index in [4.69, 9.17) is 27.8 Å². The predicted octanol–water partition coefficient (Wildman–Crippen LogP) is 0.693. The second-order valence-electron chi connectivity index (χ2n) is 14.5. The third-order valence-corrected chi connectivity index (χ3v) is 14.3. The smallest absolute Gasteiger partial charge is 0.458 e. The Morgan fingerprint density at radius 2 is 1.84 bits per heavy atom. The number of phosphoric acid groups is 1. The molecule has 8 fully saturated rings. The van der Waals surface area contributed by atoms with Gasteiger partial charge in [0.2, 0.25) is 0 Å². The van der Waals surface area contributed by atoms with Gasteiger partial charge in [-0.05, 0) is 56.4 Å². The van der Waals surface area contributed by atoms with Crippen LogP contribution in [0.3, 0.4) is 0 Å². The van der Waals surface area contributed by atoms with E-state index in [2.05, 4.69) is 0 Å². The number of hydrogen-bond donors (Lipinski definition) is 5. The summed E-state index contributed by atoms with van der Waals surface area (Å²) in [5.41, 5.74) is -3.41. The molecule has 0 aromatic rings. The second-order valence-corrected chi connectivity index (χ2v) is 16.1. The summed E-state index contributed by atoms with van der Waals surface area (Å²) in [6.45, 7) is 3.74. The highest BCUT2D eigenvalue weighted by Crippen LogP contribution is 2.78. The summed E-state index contributed by atoms with van der Waals surface area (Å²) >= 11 is 0.